The summed E-state index contributed by atoms with van der Waals surface area (Å²) in [5.74, 6) is -0.352. The summed E-state index contributed by atoms with van der Waals surface area (Å²) in [6.07, 6.45) is 1.52. The number of carbonyl (C=O) groups excluding carboxylic acids is 2. The lowest BCUT2D eigenvalue weighted by atomic mass is 9.95. The van der Waals surface area contributed by atoms with E-state index in [1.807, 2.05) is 20.8 Å². The minimum Gasteiger partial charge on any atom is -0.464 e. The van der Waals surface area contributed by atoms with Crippen molar-refractivity contribution in [1.29, 1.82) is 0 Å². The second-order valence-electron chi connectivity index (χ2n) is 6.47. The van der Waals surface area contributed by atoms with E-state index in [1.54, 1.807) is 11.0 Å². The molecule has 1 unspecified atom stereocenters. The van der Waals surface area contributed by atoms with Gasteiger partial charge in [0, 0.05) is 24.7 Å². The predicted octanol–water partition coefficient (Wildman–Crippen LogP) is 2.31. The van der Waals surface area contributed by atoms with Crippen molar-refractivity contribution < 1.29 is 19.1 Å². The van der Waals surface area contributed by atoms with Crippen molar-refractivity contribution in [3.63, 3.8) is 0 Å². The first kappa shape index (κ1) is 16.3. The van der Waals surface area contributed by atoms with E-state index in [4.69, 9.17) is 4.74 Å². The van der Waals surface area contributed by atoms with Gasteiger partial charge in [-0.15, -0.1) is 0 Å². The van der Waals surface area contributed by atoms with Gasteiger partial charge in [-0.1, -0.05) is 0 Å². The van der Waals surface area contributed by atoms with Gasteiger partial charge in [-0.05, 0) is 39.7 Å². The van der Waals surface area contributed by atoms with E-state index < -0.39 is 11.6 Å². The Bertz CT molecular complexity index is 547. The summed E-state index contributed by atoms with van der Waals surface area (Å²) in [5.41, 5.74) is 0.594. The van der Waals surface area contributed by atoms with E-state index in [1.165, 1.54) is 7.11 Å². The number of nitrogens with zero attached hydrogens (tertiary/aromatic N) is 2. The molecule has 0 aliphatic carbocycles. The van der Waals surface area contributed by atoms with Crippen molar-refractivity contribution in [2.45, 2.75) is 45.1 Å². The van der Waals surface area contributed by atoms with Crippen molar-refractivity contribution in [2.75, 3.05) is 20.2 Å². The molecule has 0 spiro atoms. The van der Waals surface area contributed by atoms with E-state index in [0.29, 0.717) is 13.1 Å². The fourth-order valence-corrected chi connectivity index (χ4v) is 2.48. The van der Waals surface area contributed by atoms with Crippen LogP contribution in [0, 0.1) is 0 Å². The maximum Gasteiger partial charge on any atom is 0.410 e. The zero-order valence-electron chi connectivity index (χ0n) is 13.5. The Morgan fingerprint density at radius 3 is 2.77 bits per heavy atom. The van der Waals surface area contributed by atoms with Gasteiger partial charge in [0.05, 0.1) is 7.11 Å². The molecule has 7 heteroatoms. The van der Waals surface area contributed by atoms with Crippen LogP contribution in [0.25, 0.3) is 0 Å². The number of amides is 1. The molecule has 1 saturated heterocycles. The number of hydrogen-bond donors (Lipinski definition) is 1. The Morgan fingerprint density at radius 1 is 1.41 bits per heavy atom. The number of rotatable bonds is 2. The topological polar surface area (TPSA) is 84.5 Å². The van der Waals surface area contributed by atoms with Gasteiger partial charge < -0.3 is 14.4 Å². The molecule has 0 bridgehead atoms. The van der Waals surface area contributed by atoms with Crippen LogP contribution in [0.4, 0.5) is 4.79 Å². The molecule has 1 fully saturated rings. The third kappa shape index (κ3) is 3.99. The number of aromatic nitrogens is 2. The minimum absolute atomic E-state index is 0.118. The molecule has 122 valence electrons. The van der Waals surface area contributed by atoms with E-state index in [0.717, 1.165) is 18.5 Å². The molecule has 1 aliphatic heterocycles. The van der Waals surface area contributed by atoms with Crippen molar-refractivity contribution in [2.24, 2.45) is 0 Å². The quantitative estimate of drug-likeness (QED) is 0.847. The number of ether oxygens (including phenoxy) is 2. The van der Waals surface area contributed by atoms with Crippen LogP contribution in [0.1, 0.15) is 55.7 Å². The number of carbonyl (C=O) groups is 2. The SMILES string of the molecule is COC(=O)c1cc(C2CCCN(C(=O)OC(C)(C)C)C2)[nH]n1. The van der Waals surface area contributed by atoms with Crippen molar-refractivity contribution in [1.82, 2.24) is 15.1 Å². The first-order valence-corrected chi connectivity index (χ1v) is 7.41. The second kappa shape index (κ2) is 6.37. The Labute approximate surface area is 130 Å². The number of esters is 1. The molecule has 7 nitrogen and oxygen atoms in total. The first-order chi connectivity index (χ1) is 10.3. The maximum absolute atomic E-state index is 12.2. The molecule has 1 amide bonds. The van der Waals surface area contributed by atoms with Crippen LogP contribution in [0.15, 0.2) is 6.07 Å². The fourth-order valence-electron chi connectivity index (χ4n) is 2.48. The highest BCUT2D eigenvalue weighted by Crippen LogP contribution is 2.27. The summed E-state index contributed by atoms with van der Waals surface area (Å²) >= 11 is 0. The predicted molar refractivity (Wildman–Crippen MR) is 79.7 cm³/mol. The Morgan fingerprint density at radius 2 is 2.14 bits per heavy atom. The van der Waals surface area contributed by atoms with E-state index in [-0.39, 0.29) is 17.7 Å². The van der Waals surface area contributed by atoms with E-state index in [2.05, 4.69) is 14.9 Å². The van der Waals surface area contributed by atoms with Crippen molar-refractivity contribution >= 4 is 12.1 Å². The van der Waals surface area contributed by atoms with Crippen LogP contribution in [0.5, 0.6) is 0 Å². The third-order valence-electron chi connectivity index (χ3n) is 3.51. The summed E-state index contributed by atoms with van der Waals surface area (Å²) in [7, 11) is 1.32. The highest BCUT2D eigenvalue weighted by atomic mass is 16.6. The molecule has 1 aromatic heterocycles. The lowest BCUT2D eigenvalue weighted by molar-refractivity contribution is 0.0197. The molecule has 1 aromatic rings. The van der Waals surface area contributed by atoms with Gasteiger partial charge in [-0.3, -0.25) is 5.10 Å². The summed E-state index contributed by atoms with van der Waals surface area (Å²) in [6.45, 7) is 6.79. The summed E-state index contributed by atoms with van der Waals surface area (Å²) < 4.78 is 10.1. The van der Waals surface area contributed by atoms with E-state index >= 15 is 0 Å². The number of hydrogen-bond acceptors (Lipinski definition) is 5. The first-order valence-electron chi connectivity index (χ1n) is 7.41. The number of H-pyrrole nitrogens is 1. The summed E-state index contributed by atoms with van der Waals surface area (Å²) in [4.78, 5) is 25.3. The summed E-state index contributed by atoms with van der Waals surface area (Å²) in [6, 6.07) is 1.69. The third-order valence-corrected chi connectivity index (χ3v) is 3.51. The largest absolute Gasteiger partial charge is 0.464 e. The minimum atomic E-state index is -0.504. The summed E-state index contributed by atoms with van der Waals surface area (Å²) in [5, 5.41) is 6.83. The highest BCUT2D eigenvalue weighted by Gasteiger charge is 2.29. The molecule has 2 rings (SSSR count). The van der Waals surface area contributed by atoms with Gasteiger partial charge in [0.15, 0.2) is 5.69 Å². The molecule has 1 aliphatic rings. The highest BCUT2D eigenvalue weighted by molar-refractivity contribution is 5.87. The van der Waals surface area contributed by atoms with Crippen LogP contribution in [-0.4, -0.2) is 53.0 Å². The van der Waals surface area contributed by atoms with Crippen LogP contribution in [0.2, 0.25) is 0 Å². The monoisotopic (exact) mass is 309 g/mol. The van der Waals surface area contributed by atoms with Crippen molar-refractivity contribution in [3.8, 4) is 0 Å². The van der Waals surface area contributed by atoms with Gasteiger partial charge in [0.2, 0.25) is 0 Å². The van der Waals surface area contributed by atoms with Gasteiger partial charge in [0.1, 0.15) is 5.60 Å². The lowest BCUT2D eigenvalue weighted by Crippen LogP contribution is -2.42. The lowest BCUT2D eigenvalue weighted by Gasteiger charge is -2.33. The fraction of sp³-hybridized carbons (Fsp3) is 0.667. The molecule has 1 atom stereocenters. The standard InChI is InChI=1S/C15H23N3O4/c1-15(2,3)22-14(20)18-7-5-6-10(9-18)11-8-12(17-16-11)13(19)21-4/h8,10H,5-7,9H2,1-4H3,(H,16,17). The molecule has 0 saturated carbocycles. The van der Waals surface area contributed by atoms with Gasteiger partial charge in [-0.25, -0.2) is 9.59 Å². The molecule has 22 heavy (non-hydrogen) atoms. The smallest absolute Gasteiger partial charge is 0.410 e. The molecular formula is C15H23N3O4. The average Bonchev–Trinajstić information content (AvgIpc) is 2.94. The molecule has 0 radical (unpaired) electrons. The normalized spacial score (nSPS) is 18.9. The van der Waals surface area contributed by atoms with E-state index in [9.17, 15) is 9.59 Å². The van der Waals surface area contributed by atoms with Crippen molar-refractivity contribution in [3.05, 3.63) is 17.5 Å². The molecule has 2 heterocycles. The molecule has 1 N–H and O–H groups in total. The maximum atomic E-state index is 12.2. The number of piperidine rings is 1. The van der Waals surface area contributed by atoms with Gasteiger partial charge >= 0.3 is 12.1 Å². The zero-order valence-corrected chi connectivity index (χ0v) is 13.5. The van der Waals surface area contributed by atoms with Crippen LogP contribution < -0.4 is 0 Å². The van der Waals surface area contributed by atoms with Gasteiger partial charge in [0.25, 0.3) is 0 Å². The molecular weight excluding hydrogens is 286 g/mol. The number of likely N-dealkylation sites (tertiary alicyclic amines) is 1. The number of methoxy groups -OCH3 is 1. The van der Waals surface area contributed by atoms with Crippen LogP contribution in [0.3, 0.4) is 0 Å². The van der Waals surface area contributed by atoms with Crippen LogP contribution >= 0.6 is 0 Å². The number of nitrogens with one attached hydrogen (secondary N) is 1. The Balaban J connectivity index is 2.03. The second-order valence-corrected chi connectivity index (χ2v) is 6.47. The zero-order chi connectivity index (χ0) is 16.3. The molecule has 0 aromatic carbocycles. The van der Waals surface area contributed by atoms with Crippen LogP contribution in [-0.2, 0) is 9.47 Å². The van der Waals surface area contributed by atoms with Gasteiger partial charge in [-0.2, -0.15) is 5.10 Å². The Hall–Kier alpha value is -2.05. The Kier molecular flexibility index (Phi) is 4.73. The average molecular weight is 309 g/mol. The number of aromatic amines is 1.